The summed E-state index contributed by atoms with van der Waals surface area (Å²) in [4.78, 5) is 11.8. The smallest absolute Gasteiger partial charge is 0.188 e. The summed E-state index contributed by atoms with van der Waals surface area (Å²) in [5.41, 5.74) is 0.240. The van der Waals surface area contributed by atoms with Gasteiger partial charge in [0.05, 0.1) is 5.56 Å². The third kappa shape index (κ3) is 3.35. The number of hydrogen-bond donors (Lipinski definition) is 0. The van der Waals surface area contributed by atoms with E-state index >= 15 is 0 Å². The molecule has 2 aromatic carbocycles. The van der Waals surface area contributed by atoms with Crippen LogP contribution in [0.3, 0.4) is 0 Å². The van der Waals surface area contributed by atoms with Crippen LogP contribution in [0, 0.1) is 11.6 Å². The molecule has 96 valence electrons. The van der Waals surface area contributed by atoms with E-state index in [4.69, 9.17) is 0 Å². The maximum Gasteiger partial charge on any atom is 0.188 e. The zero-order valence-corrected chi connectivity index (χ0v) is 11.3. The van der Waals surface area contributed by atoms with Crippen molar-refractivity contribution in [1.82, 2.24) is 0 Å². The fourth-order valence-electron chi connectivity index (χ4n) is 1.55. The van der Waals surface area contributed by atoms with Crippen molar-refractivity contribution >= 4 is 27.8 Å². The van der Waals surface area contributed by atoms with E-state index in [1.807, 2.05) is 0 Å². The predicted molar refractivity (Wildman–Crippen MR) is 73.9 cm³/mol. The van der Waals surface area contributed by atoms with E-state index in [-0.39, 0.29) is 11.1 Å². The van der Waals surface area contributed by atoms with Gasteiger partial charge in [-0.05, 0) is 36.4 Å². The first kappa shape index (κ1) is 13.6. The molecule has 2 aromatic rings. The van der Waals surface area contributed by atoms with Gasteiger partial charge in [-0.2, -0.15) is 0 Å². The maximum absolute atomic E-state index is 13.5. The number of hydrogen-bond acceptors (Lipinski definition) is 1. The Morgan fingerprint density at radius 3 is 2.47 bits per heavy atom. The van der Waals surface area contributed by atoms with E-state index in [0.29, 0.717) is 4.47 Å². The van der Waals surface area contributed by atoms with Gasteiger partial charge >= 0.3 is 0 Å². The second-order valence-corrected chi connectivity index (χ2v) is 4.76. The highest BCUT2D eigenvalue weighted by molar-refractivity contribution is 9.10. The molecule has 0 fully saturated rings. The highest BCUT2D eigenvalue weighted by atomic mass is 79.9. The first-order chi connectivity index (χ1) is 9.08. The highest BCUT2D eigenvalue weighted by Crippen LogP contribution is 2.17. The lowest BCUT2D eigenvalue weighted by atomic mass is 10.1. The molecule has 0 aliphatic rings. The largest absolute Gasteiger partial charge is 0.289 e. The number of carbonyl (C=O) groups excluding carboxylic acids is 1. The molecule has 0 N–H and O–H groups in total. The Balaban J connectivity index is 2.24. The van der Waals surface area contributed by atoms with Crippen molar-refractivity contribution in [3.8, 4) is 0 Å². The zero-order valence-electron chi connectivity index (χ0n) is 9.74. The van der Waals surface area contributed by atoms with Gasteiger partial charge in [-0.25, -0.2) is 8.78 Å². The van der Waals surface area contributed by atoms with Crippen molar-refractivity contribution in [3.63, 3.8) is 0 Å². The third-order valence-electron chi connectivity index (χ3n) is 2.52. The number of rotatable bonds is 3. The standard InChI is InChI=1S/C15H9BrF2O/c16-11-7-5-10(14(18)9-11)6-8-15(19)12-3-1-2-4-13(12)17/h1-9H/b8-6+. The van der Waals surface area contributed by atoms with Crippen molar-refractivity contribution in [2.45, 2.75) is 0 Å². The number of allylic oxidation sites excluding steroid dienone is 1. The summed E-state index contributed by atoms with van der Waals surface area (Å²) in [5.74, 6) is -1.54. The number of ketones is 1. The molecule has 2 rings (SSSR count). The average Bonchev–Trinajstić information content (AvgIpc) is 2.38. The number of halogens is 3. The van der Waals surface area contributed by atoms with Crippen LogP contribution < -0.4 is 0 Å². The highest BCUT2D eigenvalue weighted by Gasteiger charge is 2.07. The molecule has 4 heteroatoms. The Bertz CT molecular complexity index is 650. The fourth-order valence-corrected chi connectivity index (χ4v) is 1.89. The molecule has 0 aliphatic carbocycles. The maximum atomic E-state index is 13.5. The molecule has 0 saturated heterocycles. The Kier molecular flexibility index (Phi) is 4.22. The lowest BCUT2D eigenvalue weighted by Crippen LogP contribution is -1.97. The van der Waals surface area contributed by atoms with Crippen LogP contribution >= 0.6 is 15.9 Å². The minimum absolute atomic E-state index is 0.0312. The molecule has 1 nitrogen and oxygen atoms in total. The van der Waals surface area contributed by atoms with Crippen molar-refractivity contribution in [2.75, 3.05) is 0 Å². The van der Waals surface area contributed by atoms with E-state index in [1.54, 1.807) is 12.1 Å². The van der Waals surface area contributed by atoms with Gasteiger partial charge in [-0.1, -0.05) is 34.1 Å². The fraction of sp³-hybridized carbons (Fsp3) is 0. The van der Waals surface area contributed by atoms with Gasteiger partial charge in [0.2, 0.25) is 0 Å². The van der Waals surface area contributed by atoms with Gasteiger partial charge in [0.25, 0.3) is 0 Å². The molecule has 0 atom stereocenters. The summed E-state index contributed by atoms with van der Waals surface area (Å²) in [7, 11) is 0. The predicted octanol–water partition coefficient (Wildman–Crippen LogP) is 4.62. The molecule has 19 heavy (non-hydrogen) atoms. The van der Waals surface area contributed by atoms with Crippen molar-refractivity contribution < 1.29 is 13.6 Å². The van der Waals surface area contributed by atoms with Crippen LogP contribution in [-0.4, -0.2) is 5.78 Å². The average molecular weight is 323 g/mol. The molecule has 0 heterocycles. The van der Waals surface area contributed by atoms with Crippen LogP contribution in [0.1, 0.15) is 15.9 Å². The van der Waals surface area contributed by atoms with Gasteiger partial charge < -0.3 is 0 Å². The lowest BCUT2D eigenvalue weighted by molar-refractivity contribution is 0.104. The third-order valence-corrected chi connectivity index (χ3v) is 3.01. The minimum atomic E-state index is -0.589. The van der Waals surface area contributed by atoms with Crippen LogP contribution in [0.4, 0.5) is 8.78 Å². The van der Waals surface area contributed by atoms with Crippen molar-refractivity contribution in [2.24, 2.45) is 0 Å². The number of carbonyl (C=O) groups is 1. The number of benzene rings is 2. The summed E-state index contributed by atoms with van der Waals surface area (Å²) >= 11 is 3.14. The quantitative estimate of drug-likeness (QED) is 0.595. The second-order valence-electron chi connectivity index (χ2n) is 3.84. The topological polar surface area (TPSA) is 17.1 Å². The van der Waals surface area contributed by atoms with E-state index in [1.165, 1.54) is 36.4 Å². The Morgan fingerprint density at radius 1 is 1.05 bits per heavy atom. The Morgan fingerprint density at radius 2 is 1.79 bits per heavy atom. The summed E-state index contributed by atoms with van der Waals surface area (Å²) in [6.07, 6.45) is 2.49. The van der Waals surface area contributed by atoms with Gasteiger partial charge in [0.1, 0.15) is 11.6 Å². The van der Waals surface area contributed by atoms with Crippen LogP contribution in [0.5, 0.6) is 0 Å². The SMILES string of the molecule is O=C(/C=C/c1ccc(Br)cc1F)c1ccccc1F. The second kappa shape index (κ2) is 5.89. The first-order valence-electron chi connectivity index (χ1n) is 5.50. The Hall–Kier alpha value is -1.81. The zero-order chi connectivity index (χ0) is 13.8. The first-order valence-corrected chi connectivity index (χ1v) is 6.29. The summed E-state index contributed by atoms with van der Waals surface area (Å²) < 4.78 is 27.5. The summed E-state index contributed by atoms with van der Waals surface area (Å²) in [6.45, 7) is 0. The molecular weight excluding hydrogens is 314 g/mol. The monoisotopic (exact) mass is 322 g/mol. The summed E-state index contributed by atoms with van der Waals surface area (Å²) in [5, 5.41) is 0. The normalized spacial score (nSPS) is 10.9. The van der Waals surface area contributed by atoms with Gasteiger partial charge in [-0.15, -0.1) is 0 Å². The van der Waals surface area contributed by atoms with Crippen LogP contribution in [0.25, 0.3) is 6.08 Å². The van der Waals surface area contributed by atoms with Crippen LogP contribution in [0.15, 0.2) is 53.0 Å². The Labute approximate surface area is 117 Å². The molecule has 0 aromatic heterocycles. The van der Waals surface area contributed by atoms with E-state index in [9.17, 15) is 13.6 Å². The lowest BCUT2D eigenvalue weighted by Gasteiger charge is -1.99. The molecular formula is C15H9BrF2O. The summed E-state index contributed by atoms with van der Waals surface area (Å²) in [6, 6.07) is 10.2. The molecule has 0 radical (unpaired) electrons. The molecule has 0 aliphatic heterocycles. The van der Waals surface area contributed by atoms with E-state index in [2.05, 4.69) is 15.9 Å². The molecule has 0 bridgehead atoms. The molecule has 0 amide bonds. The van der Waals surface area contributed by atoms with Crippen molar-refractivity contribution in [1.29, 1.82) is 0 Å². The van der Waals surface area contributed by atoms with E-state index in [0.717, 1.165) is 6.08 Å². The van der Waals surface area contributed by atoms with Gasteiger partial charge in [-0.3, -0.25) is 4.79 Å². The van der Waals surface area contributed by atoms with E-state index < -0.39 is 17.4 Å². The van der Waals surface area contributed by atoms with Crippen LogP contribution in [-0.2, 0) is 0 Å². The molecule has 0 unspecified atom stereocenters. The van der Waals surface area contributed by atoms with Crippen LogP contribution in [0.2, 0.25) is 0 Å². The molecule has 0 saturated carbocycles. The van der Waals surface area contributed by atoms with Gasteiger partial charge in [0.15, 0.2) is 5.78 Å². The molecule has 0 spiro atoms. The van der Waals surface area contributed by atoms with Gasteiger partial charge in [0, 0.05) is 10.0 Å². The van der Waals surface area contributed by atoms with Crippen molar-refractivity contribution in [3.05, 3.63) is 75.8 Å². The minimum Gasteiger partial charge on any atom is -0.289 e.